The van der Waals surface area contributed by atoms with Crippen LogP contribution in [0.4, 0.5) is 11.4 Å². The lowest BCUT2D eigenvalue weighted by molar-refractivity contribution is 0.102. The molecular weight excluding hydrogens is 226 g/mol. The summed E-state index contributed by atoms with van der Waals surface area (Å²) in [6, 6.07) is 9.26. The number of aryl methyl sites for hydroxylation is 2. The molecule has 0 spiro atoms. The fourth-order valence-electron chi connectivity index (χ4n) is 1.70. The molecule has 4 nitrogen and oxygen atoms in total. The van der Waals surface area contributed by atoms with Gasteiger partial charge in [-0.2, -0.15) is 0 Å². The van der Waals surface area contributed by atoms with E-state index in [9.17, 15) is 4.79 Å². The quantitative estimate of drug-likeness (QED) is 0.849. The summed E-state index contributed by atoms with van der Waals surface area (Å²) >= 11 is 0. The predicted octanol–water partition coefficient (Wildman–Crippen LogP) is 2.53. The number of carbonyl (C=O) groups is 1. The number of aromatic nitrogens is 1. The van der Waals surface area contributed by atoms with Crippen LogP contribution in [-0.4, -0.2) is 10.9 Å². The van der Waals surface area contributed by atoms with Crippen LogP contribution in [0, 0.1) is 13.8 Å². The molecule has 92 valence electrons. The number of hydrogen-bond donors (Lipinski definition) is 2. The Morgan fingerprint density at radius 1 is 1.28 bits per heavy atom. The molecule has 2 aromatic rings. The van der Waals surface area contributed by atoms with Gasteiger partial charge in [-0.3, -0.25) is 9.78 Å². The molecule has 0 aliphatic rings. The molecule has 1 aromatic carbocycles. The summed E-state index contributed by atoms with van der Waals surface area (Å²) in [7, 11) is 0. The first-order valence-electron chi connectivity index (χ1n) is 5.66. The standard InChI is InChI=1S/C14H15N3O/c1-9-4-3-5-12(6-9)17-14(18)13-7-11(15)8-16-10(13)2/h3-8H,15H2,1-2H3,(H,17,18). The van der Waals surface area contributed by atoms with Crippen LogP contribution in [0.25, 0.3) is 0 Å². The Morgan fingerprint density at radius 3 is 2.78 bits per heavy atom. The van der Waals surface area contributed by atoms with Crippen molar-refractivity contribution >= 4 is 17.3 Å². The Labute approximate surface area is 106 Å². The van der Waals surface area contributed by atoms with Crippen LogP contribution in [0.1, 0.15) is 21.6 Å². The highest BCUT2D eigenvalue weighted by Crippen LogP contribution is 2.14. The minimum atomic E-state index is -0.196. The van der Waals surface area contributed by atoms with Crippen LogP contribution in [-0.2, 0) is 0 Å². The Morgan fingerprint density at radius 2 is 2.06 bits per heavy atom. The molecule has 0 aliphatic heterocycles. The number of nitrogen functional groups attached to an aromatic ring is 1. The molecule has 2 rings (SSSR count). The van der Waals surface area contributed by atoms with E-state index >= 15 is 0 Å². The van der Waals surface area contributed by atoms with Gasteiger partial charge >= 0.3 is 0 Å². The van der Waals surface area contributed by atoms with Crippen molar-refractivity contribution in [3.05, 3.63) is 53.3 Å². The molecule has 0 radical (unpaired) electrons. The van der Waals surface area contributed by atoms with Crippen LogP contribution in [0.2, 0.25) is 0 Å². The molecule has 1 aromatic heterocycles. The van der Waals surface area contributed by atoms with Gasteiger partial charge in [0.15, 0.2) is 0 Å². The van der Waals surface area contributed by atoms with Crippen molar-refractivity contribution in [3.8, 4) is 0 Å². The van der Waals surface area contributed by atoms with Gasteiger partial charge in [0.25, 0.3) is 5.91 Å². The maximum absolute atomic E-state index is 12.1. The number of pyridine rings is 1. The third kappa shape index (κ3) is 2.66. The minimum Gasteiger partial charge on any atom is -0.397 e. The number of carbonyl (C=O) groups excluding carboxylic acids is 1. The summed E-state index contributed by atoms with van der Waals surface area (Å²) in [5.41, 5.74) is 9.14. The number of benzene rings is 1. The highest BCUT2D eigenvalue weighted by atomic mass is 16.1. The molecule has 0 saturated carbocycles. The Bertz CT molecular complexity index is 593. The van der Waals surface area contributed by atoms with Gasteiger partial charge in [0.2, 0.25) is 0 Å². The van der Waals surface area contributed by atoms with E-state index in [1.165, 1.54) is 0 Å². The zero-order valence-electron chi connectivity index (χ0n) is 10.4. The number of rotatable bonds is 2. The van der Waals surface area contributed by atoms with Crippen molar-refractivity contribution in [2.45, 2.75) is 13.8 Å². The third-order valence-electron chi connectivity index (χ3n) is 2.63. The van der Waals surface area contributed by atoms with Crippen molar-refractivity contribution in [2.24, 2.45) is 0 Å². The Kier molecular flexibility index (Phi) is 3.28. The molecule has 0 saturated heterocycles. The number of nitrogens with zero attached hydrogens (tertiary/aromatic N) is 1. The number of amides is 1. The van der Waals surface area contributed by atoms with E-state index in [0.717, 1.165) is 11.3 Å². The van der Waals surface area contributed by atoms with Gasteiger partial charge in [-0.05, 0) is 37.6 Å². The van der Waals surface area contributed by atoms with Crippen molar-refractivity contribution in [1.82, 2.24) is 4.98 Å². The smallest absolute Gasteiger partial charge is 0.257 e. The second kappa shape index (κ2) is 4.87. The van der Waals surface area contributed by atoms with Gasteiger partial charge in [0.1, 0.15) is 0 Å². The van der Waals surface area contributed by atoms with E-state index in [2.05, 4.69) is 10.3 Å². The zero-order chi connectivity index (χ0) is 13.1. The van der Waals surface area contributed by atoms with Crippen LogP contribution in [0.15, 0.2) is 36.5 Å². The second-order valence-corrected chi connectivity index (χ2v) is 4.23. The maximum atomic E-state index is 12.1. The predicted molar refractivity (Wildman–Crippen MR) is 72.5 cm³/mol. The second-order valence-electron chi connectivity index (χ2n) is 4.23. The fraction of sp³-hybridized carbons (Fsp3) is 0.143. The highest BCUT2D eigenvalue weighted by molar-refractivity contribution is 6.05. The average molecular weight is 241 g/mol. The number of nitrogens with one attached hydrogen (secondary N) is 1. The fourth-order valence-corrected chi connectivity index (χ4v) is 1.70. The first-order valence-corrected chi connectivity index (χ1v) is 5.66. The van der Waals surface area contributed by atoms with Crippen LogP contribution >= 0.6 is 0 Å². The van der Waals surface area contributed by atoms with E-state index < -0.39 is 0 Å². The molecule has 0 fully saturated rings. The first-order chi connectivity index (χ1) is 8.56. The van der Waals surface area contributed by atoms with Crippen molar-refractivity contribution in [3.63, 3.8) is 0 Å². The summed E-state index contributed by atoms with van der Waals surface area (Å²) in [5, 5.41) is 2.83. The summed E-state index contributed by atoms with van der Waals surface area (Å²) < 4.78 is 0. The summed E-state index contributed by atoms with van der Waals surface area (Å²) in [5.74, 6) is -0.196. The lowest BCUT2D eigenvalue weighted by atomic mass is 10.1. The SMILES string of the molecule is Cc1cccc(NC(=O)c2cc(N)cnc2C)c1. The molecule has 0 bridgehead atoms. The summed E-state index contributed by atoms with van der Waals surface area (Å²) in [4.78, 5) is 16.2. The zero-order valence-corrected chi connectivity index (χ0v) is 10.4. The van der Waals surface area contributed by atoms with E-state index in [4.69, 9.17) is 5.73 Å². The molecule has 0 aliphatic carbocycles. The Balaban J connectivity index is 2.24. The normalized spacial score (nSPS) is 10.1. The van der Waals surface area contributed by atoms with E-state index in [1.807, 2.05) is 31.2 Å². The monoisotopic (exact) mass is 241 g/mol. The van der Waals surface area contributed by atoms with Crippen molar-refractivity contribution in [2.75, 3.05) is 11.1 Å². The number of anilines is 2. The van der Waals surface area contributed by atoms with E-state index in [0.29, 0.717) is 16.9 Å². The average Bonchev–Trinajstić information content (AvgIpc) is 2.32. The minimum absolute atomic E-state index is 0.196. The largest absolute Gasteiger partial charge is 0.397 e. The molecule has 1 amide bonds. The molecule has 4 heteroatoms. The van der Waals surface area contributed by atoms with Gasteiger partial charge in [0.05, 0.1) is 23.1 Å². The molecular formula is C14H15N3O. The molecule has 1 heterocycles. The van der Waals surface area contributed by atoms with Crippen LogP contribution in [0.3, 0.4) is 0 Å². The van der Waals surface area contributed by atoms with E-state index in [1.54, 1.807) is 19.2 Å². The number of nitrogens with two attached hydrogens (primary N) is 1. The molecule has 0 unspecified atom stereocenters. The first kappa shape index (κ1) is 12.1. The van der Waals surface area contributed by atoms with Crippen LogP contribution < -0.4 is 11.1 Å². The van der Waals surface area contributed by atoms with Gasteiger partial charge in [-0.15, -0.1) is 0 Å². The van der Waals surface area contributed by atoms with Gasteiger partial charge in [-0.1, -0.05) is 12.1 Å². The van der Waals surface area contributed by atoms with Crippen LogP contribution in [0.5, 0.6) is 0 Å². The summed E-state index contributed by atoms with van der Waals surface area (Å²) in [6.45, 7) is 3.76. The Hall–Kier alpha value is -2.36. The summed E-state index contributed by atoms with van der Waals surface area (Å²) in [6.07, 6.45) is 1.54. The highest BCUT2D eigenvalue weighted by Gasteiger charge is 2.10. The van der Waals surface area contributed by atoms with Crippen molar-refractivity contribution in [1.29, 1.82) is 0 Å². The molecule has 18 heavy (non-hydrogen) atoms. The topological polar surface area (TPSA) is 68.0 Å². The lowest BCUT2D eigenvalue weighted by Crippen LogP contribution is -2.14. The van der Waals surface area contributed by atoms with E-state index in [-0.39, 0.29) is 5.91 Å². The van der Waals surface area contributed by atoms with Gasteiger partial charge in [-0.25, -0.2) is 0 Å². The maximum Gasteiger partial charge on any atom is 0.257 e. The van der Waals surface area contributed by atoms with Gasteiger partial charge in [0, 0.05) is 5.69 Å². The van der Waals surface area contributed by atoms with Crippen molar-refractivity contribution < 1.29 is 4.79 Å². The molecule has 0 atom stereocenters. The van der Waals surface area contributed by atoms with Gasteiger partial charge < -0.3 is 11.1 Å². The number of hydrogen-bond acceptors (Lipinski definition) is 3. The molecule has 3 N–H and O–H groups in total. The third-order valence-corrected chi connectivity index (χ3v) is 2.63. The lowest BCUT2D eigenvalue weighted by Gasteiger charge is -2.08.